The van der Waals surface area contributed by atoms with Crippen LogP contribution in [-0.2, 0) is 20.7 Å². The van der Waals surface area contributed by atoms with Gasteiger partial charge in [-0.3, -0.25) is 9.97 Å². The second-order valence-electron chi connectivity index (χ2n) is 22.3. The quantitative estimate of drug-likeness (QED) is 0.127. The van der Waals surface area contributed by atoms with E-state index in [1.807, 2.05) is 85.4 Å². The van der Waals surface area contributed by atoms with Gasteiger partial charge in [0.15, 0.2) is 0 Å². The minimum Gasteiger partial charge on any atom is -0.386 e. The van der Waals surface area contributed by atoms with E-state index in [1.165, 1.54) is 0 Å². The molecule has 6 aromatic heterocycles. The molecule has 10 aromatic rings. The predicted octanol–water partition coefficient (Wildman–Crippen LogP) is 14.2. The highest BCUT2D eigenvalue weighted by molar-refractivity contribution is 6.08. The van der Waals surface area contributed by atoms with Gasteiger partial charge in [0.2, 0.25) is 0 Å². The Balaban J connectivity index is 0.000000169. The third kappa shape index (κ3) is 9.83. The number of ether oxygens (including phenoxy) is 2. The van der Waals surface area contributed by atoms with E-state index in [0.29, 0.717) is 119 Å². The molecule has 2 fully saturated rings. The summed E-state index contributed by atoms with van der Waals surface area (Å²) in [6.07, 6.45) is 5.72. The topological polar surface area (TPSA) is 147 Å². The Hall–Kier alpha value is -7.38. The van der Waals surface area contributed by atoms with E-state index < -0.39 is 58.2 Å². The zero-order valence-corrected chi connectivity index (χ0v) is 45.5. The largest absolute Gasteiger partial charge is 0.386 e. The molecule has 4 aromatic carbocycles. The fourth-order valence-corrected chi connectivity index (χ4v) is 12.1. The molecule has 2 N–H and O–H groups in total. The number of aryl methyl sites for hydroxylation is 4. The Morgan fingerprint density at radius 2 is 0.850 bits per heavy atom. The van der Waals surface area contributed by atoms with Gasteiger partial charge < -0.3 is 37.9 Å². The number of aromatic nitrogens is 6. The van der Waals surface area contributed by atoms with E-state index in [0.717, 1.165) is 57.3 Å². The van der Waals surface area contributed by atoms with Gasteiger partial charge in [-0.2, -0.15) is 0 Å². The van der Waals surface area contributed by atoms with Crippen molar-refractivity contribution in [1.29, 1.82) is 0 Å². The van der Waals surface area contributed by atoms with Crippen LogP contribution in [0.5, 0.6) is 0 Å². The molecule has 2 atom stereocenters. The van der Waals surface area contributed by atoms with Crippen LogP contribution in [0.1, 0.15) is 111 Å². The molecule has 0 radical (unpaired) electrons. The highest BCUT2D eigenvalue weighted by atomic mass is 19.2. The van der Waals surface area contributed by atoms with Crippen LogP contribution in [-0.4, -0.2) is 66.1 Å². The molecular formula is C62H60F6N6O6. The summed E-state index contributed by atoms with van der Waals surface area (Å²) >= 11 is 0. The zero-order valence-electron chi connectivity index (χ0n) is 45.5. The average Bonchev–Trinajstić information content (AvgIpc) is 4.14. The van der Waals surface area contributed by atoms with Gasteiger partial charge >= 0.3 is 0 Å². The summed E-state index contributed by atoms with van der Waals surface area (Å²) in [5, 5.41) is 31.4. The van der Waals surface area contributed by atoms with Crippen LogP contribution in [0.2, 0.25) is 0 Å². The van der Waals surface area contributed by atoms with E-state index in [4.69, 9.17) is 28.5 Å². The molecule has 80 heavy (non-hydrogen) atoms. The first-order chi connectivity index (χ1) is 38.1. The highest BCUT2D eigenvalue weighted by Crippen LogP contribution is 2.46. The molecule has 0 spiro atoms. The van der Waals surface area contributed by atoms with Crippen LogP contribution in [0, 0.1) is 74.4 Å². The van der Waals surface area contributed by atoms with Gasteiger partial charge in [0.25, 0.3) is 0 Å². The van der Waals surface area contributed by atoms with Crippen molar-refractivity contribution in [2.75, 3.05) is 26.4 Å². The molecule has 18 heteroatoms. The SMILES string of the molecule is Cc1noc(C)c1-c1cnc2c3ccc(C(C)(C)O)cc3n(C(c3c(F)cc(F)cc3F)C3CCOCC3)c2c1.Cc1noc(C)c1-c1cnc2c3ccc(C(C)(C)O)cc3n(C(c3c(F)cc(F)cc3F)C3CCOCC3)c2c1. The first kappa shape index (κ1) is 54.6. The lowest BCUT2D eigenvalue weighted by atomic mass is 9.86. The van der Waals surface area contributed by atoms with E-state index >= 15 is 17.6 Å². The van der Waals surface area contributed by atoms with E-state index in [-0.39, 0.29) is 23.0 Å². The van der Waals surface area contributed by atoms with Crippen molar-refractivity contribution in [3.63, 3.8) is 0 Å². The lowest BCUT2D eigenvalue weighted by molar-refractivity contribution is 0.0542. The summed E-state index contributed by atoms with van der Waals surface area (Å²) in [4.78, 5) is 9.63. The number of hydrogen-bond donors (Lipinski definition) is 2. The molecule has 2 aliphatic rings. The van der Waals surface area contributed by atoms with Gasteiger partial charge in [0.1, 0.15) is 46.4 Å². The zero-order chi connectivity index (χ0) is 56.7. The molecule has 8 heterocycles. The van der Waals surface area contributed by atoms with Gasteiger partial charge in [0.05, 0.1) is 67.8 Å². The second-order valence-corrected chi connectivity index (χ2v) is 22.3. The van der Waals surface area contributed by atoms with E-state index in [1.54, 1.807) is 40.1 Å². The van der Waals surface area contributed by atoms with Gasteiger partial charge in [-0.1, -0.05) is 34.6 Å². The normalized spacial score (nSPS) is 15.8. The summed E-state index contributed by atoms with van der Waals surface area (Å²) in [6.45, 7) is 15.8. The van der Waals surface area contributed by atoms with Gasteiger partial charge in [0, 0.05) is 107 Å². The molecule has 0 amide bonds. The minimum absolute atomic E-state index is 0.205. The number of aliphatic hydroxyl groups is 2. The second kappa shape index (κ2) is 20.9. The Bertz CT molecular complexity index is 3660. The Labute approximate surface area is 456 Å². The molecule has 416 valence electrons. The molecule has 2 saturated heterocycles. The lowest BCUT2D eigenvalue weighted by Gasteiger charge is -2.33. The molecule has 2 aliphatic heterocycles. The maximum atomic E-state index is 15.6. The van der Waals surface area contributed by atoms with E-state index in [2.05, 4.69) is 10.3 Å². The maximum Gasteiger partial charge on any atom is 0.141 e. The monoisotopic (exact) mass is 1100 g/mol. The summed E-state index contributed by atoms with van der Waals surface area (Å²) in [7, 11) is 0. The van der Waals surface area contributed by atoms with Crippen molar-refractivity contribution in [3.05, 3.63) is 165 Å². The number of fused-ring (bicyclic) bond motifs is 6. The fraction of sp³-hybridized carbons (Fsp3) is 0.355. The van der Waals surface area contributed by atoms with Gasteiger partial charge in [-0.05, 0) is 128 Å². The summed E-state index contributed by atoms with van der Waals surface area (Å²) in [6, 6.07) is 16.2. The number of benzene rings is 4. The van der Waals surface area contributed by atoms with Crippen LogP contribution in [0.3, 0.4) is 0 Å². The van der Waals surface area contributed by atoms with Crippen molar-refractivity contribution in [3.8, 4) is 22.3 Å². The average molecular weight is 1100 g/mol. The molecule has 0 aliphatic carbocycles. The van der Waals surface area contributed by atoms with E-state index in [9.17, 15) is 19.0 Å². The van der Waals surface area contributed by atoms with Crippen molar-refractivity contribution in [1.82, 2.24) is 29.4 Å². The first-order valence-corrected chi connectivity index (χ1v) is 26.7. The standard InChI is InChI=1S/2C31H30F3N3O3/c2*1-16-27(17(2)40-36-16)19-11-26-29(35-15-19)22-6-5-20(31(3,4)38)12-25(22)37(26)30(18-7-9-39-10-8-18)28-23(33)13-21(32)14-24(28)34/h2*5-6,11-15,18,30,38H,7-10H2,1-4H3. The number of halogens is 6. The third-order valence-electron chi connectivity index (χ3n) is 16.0. The summed E-state index contributed by atoms with van der Waals surface area (Å²) in [5.41, 5.74) is 6.96. The van der Waals surface area contributed by atoms with Crippen LogP contribution < -0.4 is 0 Å². The van der Waals surface area contributed by atoms with Crippen LogP contribution in [0.25, 0.3) is 66.1 Å². The molecule has 12 rings (SSSR count). The number of pyridine rings is 2. The van der Waals surface area contributed by atoms with Crippen molar-refractivity contribution in [2.24, 2.45) is 11.8 Å². The number of nitrogens with zero attached hydrogens (tertiary/aromatic N) is 6. The Morgan fingerprint density at radius 1 is 0.500 bits per heavy atom. The maximum absolute atomic E-state index is 15.6. The molecule has 0 bridgehead atoms. The van der Waals surface area contributed by atoms with Crippen molar-refractivity contribution >= 4 is 43.9 Å². The Kier molecular flexibility index (Phi) is 14.3. The number of hydrogen-bond acceptors (Lipinski definition) is 10. The molecular weight excluding hydrogens is 1040 g/mol. The van der Waals surface area contributed by atoms with Crippen molar-refractivity contribution < 1.29 is 55.1 Å². The minimum atomic E-state index is -1.16. The summed E-state index contributed by atoms with van der Waals surface area (Å²) < 4.78 is 116. The third-order valence-corrected chi connectivity index (χ3v) is 16.0. The van der Waals surface area contributed by atoms with Crippen LogP contribution in [0.4, 0.5) is 26.3 Å². The smallest absolute Gasteiger partial charge is 0.141 e. The first-order valence-electron chi connectivity index (χ1n) is 26.7. The predicted molar refractivity (Wildman–Crippen MR) is 291 cm³/mol. The van der Waals surface area contributed by atoms with Gasteiger partial charge in [-0.15, -0.1) is 0 Å². The number of rotatable bonds is 10. The van der Waals surface area contributed by atoms with Gasteiger partial charge in [-0.25, -0.2) is 26.3 Å². The molecule has 0 saturated carbocycles. The molecule has 12 nitrogen and oxygen atoms in total. The summed E-state index contributed by atoms with van der Waals surface area (Å²) in [5.74, 6) is -4.91. The van der Waals surface area contributed by atoms with Crippen molar-refractivity contribution in [2.45, 2.75) is 104 Å². The molecule has 2 unspecified atom stereocenters. The fourth-order valence-electron chi connectivity index (χ4n) is 12.1. The lowest BCUT2D eigenvalue weighted by Crippen LogP contribution is -2.28. The van der Waals surface area contributed by atoms with Crippen LogP contribution >= 0.6 is 0 Å². The van der Waals surface area contributed by atoms with Crippen LogP contribution in [0.15, 0.2) is 94.2 Å². The Morgan fingerprint density at radius 3 is 1.16 bits per heavy atom. The highest BCUT2D eigenvalue weighted by Gasteiger charge is 2.37.